The Morgan fingerprint density at radius 3 is 2.73 bits per heavy atom. The first-order chi connectivity index (χ1) is 5.33. The van der Waals surface area contributed by atoms with Crippen LogP contribution >= 0.6 is 0 Å². The number of quaternary nitrogens is 1. The summed E-state index contributed by atoms with van der Waals surface area (Å²) < 4.78 is 0. The van der Waals surface area contributed by atoms with E-state index in [1.165, 1.54) is 4.90 Å². The lowest BCUT2D eigenvalue weighted by Gasteiger charge is -2.17. The molecule has 0 aromatic heterocycles. The minimum atomic E-state index is -0.148. The van der Waals surface area contributed by atoms with Crippen LogP contribution in [0.25, 0.3) is 0 Å². The van der Waals surface area contributed by atoms with E-state index in [-0.39, 0.29) is 12.7 Å². The largest absolute Gasteiger partial charge is 0.396 e. The number of nitrogens with one attached hydrogen (secondary N) is 1. The van der Waals surface area contributed by atoms with Gasteiger partial charge in [-0.05, 0) is 0 Å². The fourth-order valence-corrected chi connectivity index (χ4v) is 2.65. The number of hydrogen-bond acceptors (Lipinski definition) is 2. The molecule has 3 N–H and O–H groups in total. The van der Waals surface area contributed by atoms with Crippen LogP contribution in [0.3, 0.4) is 0 Å². The maximum atomic E-state index is 9.57. The third kappa shape index (κ3) is 1.08. The van der Waals surface area contributed by atoms with Crippen molar-refractivity contribution in [3.05, 3.63) is 0 Å². The third-order valence-electron chi connectivity index (χ3n) is 3.23. The van der Waals surface area contributed by atoms with E-state index in [4.69, 9.17) is 5.11 Å². The van der Waals surface area contributed by atoms with Gasteiger partial charge in [-0.2, -0.15) is 0 Å². The molecule has 2 aliphatic heterocycles. The molecule has 2 heterocycles. The van der Waals surface area contributed by atoms with Crippen LogP contribution in [-0.4, -0.2) is 42.1 Å². The number of hydrogen-bond donors (Lipinski definition) is 3. The molecule has 0 aromatic carbocycles. The zero-order valence-electron chi connectivity index (χ0n) is 6.66. The number of aliphatic hydroxyl groups is 2. The van der Waals surface area contributed by atoms with Crippen molar-refractivity contribution in [2.75, 3.05) is 19.7 Å². The third-order valence-corrected chi connectivity index (χ3v) is 3.23. The van der Waals surface area contributed by atoms with Gasteiger partial charge in [-0.1, -0.05) is 0 Å². The van der Waals surface area contributed by atoms with E-state index in [1.54, 1.807) is 0 Å². The lowest BCUT2D eigenvalue weighted by molar-refractivity contribution is -0.902. The van der Waals surface area contributed by atoms with Crippen LogP contribution in [0.5, 0.6) is 0 Å². The van der Waals surface area contributed by atoms with Crippen molar-refractivity contribution in [1.29, 1.82) is 0 Å². The average Bonchev–Trinajstić information content (AvgIpc) is 2.54. The van der Waals surface area contributed by atoms with Crippen molar-refractivity contribution in [2.45, 2.75) is 25.0 Å². The van der Waals surface area contributed by atoms with E-state index >= 15 is 0 Å². The molecule has 0 saturated carbocycles. The second kappa shape index (κ2) is 2.73. The van der Waals surface area contributed by atoms with Crippen LogP contribution in [0.1, 0.15) is 12.8 Å². The molecular weight excluding hydrogens is 142 g/mol. The van der Waals surface area contributed by atoms with Crippen molar-refractivity contribution in [2.24, 2.45) is 5.92 Å². The van der Waals surface area contributed by atoms with Crippen molar-refractivity contribution < 1.29 is 15.1 Å². The summed E-state index contributed by atoms with van der Waals surface area (Å²) in [5.41, 5.74) is 0. The van der Waals surface area contributed by atoms with E-state index in [1.807, 2.05) is 0 Å². The Hall–Kier alpha value is -0.120. The summed E-state index contributed by atoms with van der Waals surface area (Å²) in [6.45, 7) is 2.50. The monoisotopic (exact) mass is 158 g/mol. The van der Waals surface area contributed by atoms with Crippen LogP contribution in [0, 0.1) is 5.92 Å². The van der Waals surface area contributed by atoms with E-state index in [9.17, 15) is 5.11 Å². The molecule has 2 aliphatic rings. The summed E-state index contributed by atoms with van der Waals surface area (Å²) >= 11 is 0. The van der Waals surface area contributed by atoms with Gasteiger partial charge in [-0.25, -0.2) is 0 Å². The van der Waals surface area contributed by atoms with Crippen LogP contribution < -0.4 is 4.90 Å². The van der Waals surface area contributed by atoms with Gasteiger partial charge in [0.2, 0.25) is 0 Å². The smallest absolute Gasteiger partial charge is 0.119 e. The molecule has 1 unspecified atom stereocenters. The highest BCUT2D eigenvalue weighted by Crippen LogP contribution is 2.18. The highest BCUT2D eigenvalue weighted by molar-refractivity contribution is 4.83. The number of rotatable bonds is 1. The van der Waals surface area contributed by atoms with Gasteiger partial charge in [0, 0.05) is 18.8 Å². The molecule has 11 heavy (non-hydrogen) atoms. The predicted octanol–water partition coefficient (Wildman–Crippen LogP) is -1.98. The minimum Gasteiger partial charge on any atom is -0.396 e. The maximum Gasteiger partial charge on any atom is 0.119 e. The van der Waals surface area contributed by atoms with Crippen molar-refractivity contribution in [3.63, 3.8) is 0 Å². The van der Waals surface area contributed by atoms with E-state index in [0.717, 1.165) is 25.9 Å². The summed E-state index contributed by atoms with van der Waals surface area (Å²) in [6.07, 6.45) is 1.87. The second-order valence-corrected chi connectivity index (χ2v) is 3.77. The number of aliphatic hydroxyl groups excluding tert-OH is 2. The molecule has 4 atom stereocenters. The molecule has 0 amide bonds. The highest BCUT2D eigenvalue weighted by Gasteiger charge is 2.46. The molecule has 0 aliphatic carbocycles. The summed E-state index contributed by atoms with van der Waals surface area (Å²) in [4.78, 5) is 1.51. The van der Waals surface area contributed by atoms with Gasteiger partial charge in [-0.15, -0.1) is 0 Å². The molecule has 0 radical (unpaired) electrons. The Morgan fingerprint density at radius 1 is 1.27 bits per heavy atom. The lowest BCUT2D eigenvalue weighted by atomic mass is 9.97. The SMILES string of the molecule is OC[C@H]1CC[NH+]2CC[C@@H](O)[C@@H]12. The first kappa shape index (κ1) is 7.53. The van der Waals surface area contributed by atoms with Gasteiger partial charge in [0.1, 0.15) is 12.1 Å². The van der Waals surface area contributed by atoms with Crippen LogP contribution in [0.15, 0.2) is 0 Å². The van der Waals surface area contributed by atoms with Crippen molar-refractivity contribution in [1.82, 2.24) is 0 Å². The van der Waals surface area contributed by atoms with Crippen molar-refractivity contribution >= 4 is 0 Å². The molecule has 0 spiro atoms. The van der Waals surface area contributed by atoms with Gasteiger partial charge in [0.25, 0.3) is 0 Å². The topological polar surface area (TPSA) is 44.9 Å². The molecule has 64 valence electrons. The van der Waals surface area contributed by atoms with Crippen molar-refractivity contribution in [3.8, 4) is 0 Å². The minimum absolute atomic E-state index is 0.148. The Kier molecular flexibility index (Phi) is 1.87. The maximum absolute atomic E-state index is 9.57. The molecule has 0 aromatic rings. The first-order valence-electron chi connectivity index (χ1n) is 4.46. The normalized spacial score (nSPS) is 49.6. The van der Waals surface area contributed by atoms with Gasteiger partial charge in [0.15, 0.2) is 0 Å². The number of fused-ring (bicyclic) bond motifs is 1. The summed E-state index contributed by atoms with van der Waals surface area (Å²) in [6, 6.07) is 0.347. The van der Waals surface area contributed by atoms with Crippen LogP contribution in [-0.2, 0) is 0 Å². The molecular formula is C8H16NO2+. The Balaban J connectivity index is 2.07. The van der Waals surface area contributed by atoms with Gasteiger partial charge >= 0.3 is 0 Å². The van der Waals surface area contributed by atoms with Crippen LogP contribution in [0.2, 0.25) is 0 Å². The molecule has 2 fully saturated rings. The summed E-state index contributed by atoms with van der Waals surface area (Å²) in [5, 5.41) is 18.6. The summed E-state index contributed by atoms with van der Waals surface area (Å²) in [7, 11) is 0. The van der Waals surface area contributed by atoms with Gasteiger partial charge < -0.3 is 15.1 Å². The van der Waals surface area contributed by atoms with E-state index in [2.05, 4.69) is 0 Å². The summed E-state index contributed by atoms with van der Waals surface area (Å²) in [5.74, 6) is 0.363. The van der Waals surface area contributed by atoms with E-state index in [0.29, 0.717) is 12.0 Å². The van der Waals surface area contributed by atoms with Gasteiger partial charge in [-0.3, -0.25) is 0 Å². The molecule has 0 bridgehead atoms. The fourth-order valence-electron chi connectivity index (χ4n) is 2.65. The molecule has 3 nitrogen and oxygen atoms in total. The average molecular weight is 158 g/mol. The van der Waals surface area contributed by atoms with Gasteiger partial charge in [0.05, 0.1) is 19.7 Å². The highest BCUT2D eigenvalue weighted by atomic mass is 16.3. The Labute approximate surface area is 66.6 Å². The molecule has 2 rings (SSSR count). The van der Waals surface area contributed by atoms with E-state index < -0.39 is 0 Å². The Bertz CT molecular complexity index is 151. The fraction of sp³-hybridized carbons (Fsp3) is 1.00. The molecule has 2 saturated heterocycles. The Morgan fingerprint density at radius 2 is 2.00 bits per heavy atom. The standard InChI is InChI=1S/C8H15NO2/c10-5-6-1-3-9-4-2-7(11)8(6)9/h6-8,10-11H,1-5H2/p+1/t6-,7-,8-/m1/s1. The zero-order chi connectivity index (χ0) is 7.84. The molecule has 3 heteroatoms. The van der Waals surface area contributed by atoms with Crippen LogP contribution in [0.4, 0.5) is 0 Å². The second-order valence-electron chi connectivity index (χ2n) is 3.77. The lowest BCUT2D eigenvalue weighted by Crippen LogP contribution is -3.12. The predicted molar refractivity (Wildman–Crippen MR) is 40.3 cm³/mol. The zero-order valence-corrected chi connectivity index (χ0v) is 6.66. The quantitative estimate of drug-likeness (QED) is 0.414. The first-order valence-corrected chi connectivity index (χ1v) is 4.46.